The number of carbonyl (C=O) groups excluding carboxylic acids is 2. The van der Waals surface area contributed by atoms with Gasteiger partial charge in [0.25, 0.3) is 0 Å². The van der Waals surface area contributed by atoms with Crippen molar-refractivity contribution in [2.45, 2.75) is 6.42 Å². The third-order valence-corrected chi connectivity index (χ3v) is 4.69. The van der Waals surface area contributed by atoms with Crippen molar-refractivity contribution in [3.05, 3.63) is 52.9 Å². The molecule has 1 aromatic carbocycles. The minimum atomic E-state index is -0.486. The Morgan fingerprint density at radius 3 is 2.38 bits per heavy atom. The molecule has 2 N–H and O–H groups in total. The number of hydrazine groups is 1. The second-order valence-electron chi connectivity index (χ2n) is 6.02. The highest BCUT2D eigenvalue weighted by Crippen LogP contribution is 2.15. The number of rotatable bonds is 5. The van der Waals surface area contributed by atoms with E-state index in [1.165, 1.54) is 11.8 Å². The van der Waals surface area contributed by atoms with E-state index in [9.17, 15) is 9.59 Å². The second-order valence-corrected chi connectivity index (χ2v) is 6.80. The van der Waals surface area contributed by atoms with E-state index in [4.69, 9.17) is 4.42 Å². The van der Waals surface area contributed by atoms with Crippen LogP contribution in [0.25, 0.3) is 0 Å². The van der Waals surface area contributed by atoms with Crippen LogP contribution in [0.2, 0.25) is 0 Å². The molecule has 138 valence electrons. The molecule has 0 unspecified atom stereocenters. The van der Waals surface area contributed by atoms with Crippen molar-refractivity contribution in [3.63, 3.8) is 0 Å². The van der Waals surface area contributed by atoms with Crippen LogP contribution in [0.3, 0.4) is 0 Å². The molecular weight excluding hydrogens is 400 g/mol. The van der Waals surface area contributed by atoms with E-state index < -0.39 is 5.91 Å². The van der Waals surface area contributed by atoms with Crippen LogP contribution in [0.5, 0.6) is 0 Å². The van der Waals surface area contributed by atoms with E-state index in [2.05, 4.69) is 48.7 Å². The van der Waals surface area contributed by atoms with Crippen LogP contribution in [0, 0.1) is 0 Å². The van der Waals surface area contributed by atoms with Gasteiger partial charge in [0.15, 0.2) is 10.4 Å². The molecule has 0 saturated carbocycles. The van der Waals surface area contributed by atoms with Crippen molar-refractivity contribution in [3.8, 4) is 0 Å². The van der Waals surface area contributed by atoms with E-state index in [0.717, 1.165) is 26.2 Å². The molecule has 26 heavy (non-hydrogen) atoms. The largest absolute Gasteiger partial charge is 0.444 e. The van der Waals surface area contributed by atoms with Crippen molar-refractivity contribution in [2.24, 2.45) is 0 Å². The first-order valence-electron chi connectivity index (χ1n) is 8.49. The Labute approximate surface area is 160 Å². The SMILES string of the molecule is O=C(CCN1CCN(c2ccccc2)CC1)NNC(=O)c1ccc(Br)o1. The van der Waals surface area contributed by atoms with E-state index >= 15 is 0 Å². The van der Waals surface area contributed by atoms with Gasteiger partial charge in [-0.2, -0.15) is 0 Å². The third kappa shape index (κ3) is 5.09. The number of nitrogens with one attached hydrogen (secondary N) is 2. The molecule has 0 atom stereocenters. The van der Waals surface area contributed by atoms with Gasteiger partial charge in [-0.15, -0.1) is 0 Å². The lowest BCUT2D eigenvalue weighted by Gasteiger charge is -2.36. The molecule has 0 bridgehead atoms. The fourth-order valence-corrected chi connectivity index (χ4v) is 3.12. The molecule has 2 aromatic rings. The fraction of sp³-hybridized carbons (Fsp3) is 0.333. The average Bonchev–Trinajstić information content (AvgIpc) is 3.12. The van der Waals surface area contributed by atoms with Crippen molar-refractivity contribution in [1.82, 2.24) is 15.8 Å². The Bertz CT molecular complexity index is 742. The highest BCUT2D eigenvalue weighted by atomic mass is 79.9. The quantitative estimate of drug-likeness (QED) is 0.723. The van der Waals surface area contributed by atoms with Crippen LogP contribution in [-0.2, 0) is 4.79 Å². The number of hydrogen-bond acceptors (Lipinski definition) is 5. The van der Waals surface area contributed by atoms with E-state index in [1.807, 2.05) is 18.2 Å². The number of amides is 2. The van der Waals surface area contributed by atoms with Crippen LogP contribution in [0.1, 0.15) is 17.0 Å². The summed E-state index contributed by atoms with van der Waals surface area (Å²) in [5, 5.41) is 0. The van der Waals surface area contributed by atoms with Gasteiger partial charge in [-0.1, -0.05) is 18.2 Å². The number of nitrogens with zero attached hydrogens (tertiary/aromatic N) is 2. The second kappa shape index (κ2) is 8.86. The summed E-state index contributed by atoms with van der Waals surface area (Å²) in [5.74, 6) is -0.579. The Morgan fingerprint density at radius 1 is 1.00 bits per heavy atom. The first-order valence-corrected chi connectivity index (χ1v) is 9.28. The van der Waals surface area contributed by atoms with Gasteiger partial charge in [0.2, 0.25) is 5.91 Å². The molecule has 2 heterocycles. The fourth-order valence-electron chi connectivity index (χ4n) is 2.82. The molecule has 0 spiro atoms. The van der Waals surface area contributed by atoms with Crippen LogP contribution < -0.4 is 15.8 Å². The number of piperazine rings is 1. The number of hydrogen-bond donors (Lipinski definition) is 2. The van der Waals surface area contributed by atoms with Crippen molar-refractivity contribution < 1.29 is 14.0 Å². The maximum atomic E-state index is 11.9. The van der Waals surface area contributed by atoms with E-state index in [-0.39, 0.29) is 11.7 Å². The molecule has 3 rings (SSSR count). The van der Waals surface area contributed by atoms with Crippen molar-refractivity contribution in [1.29, 1.82) is 0 Å². The number of benzene rings is 1. The monoisotopic (exact) mass is 420 g/mol. The predicted molar refractivity (Wildman–Crippen MR) is 102 cm³/mol. The Kier molecular flexibility index (Phi) is 6.30. The van der Waals surface area contributed by atoms with Crippen molar-refractivity contribution in [2.75, 3.05) is 37.6 Å². The standard InChI is InChI=1S/C18H21BrN4O3/c19-16-7-6-15(26-16)18(25)21-20-17(24)8-9-22-10-12-23(13-11-22)14-4-2-1-3-5-14/h1-7H,8-13H2,(H,20,24)(H,21,25). The topological polar surface area (TPSA) is 77.8 Å². The molecule has 8 heteroatoms. The summed E-state index contributed by atoms with van der Waals surface area (Å²) in [6.45, 7) is 4.37. The zero-order valence-corrected chi connectivity index (χ0v) is 15.9. The summed E-state index contributed by atoms with van der Waals surface area (Å²) in [6, 6.07) is 13.5. The Hall–Kier alpha value is -2.32. The van der Waals surface area contributed by atoms with Crippen LogP contribution >= 0.6 is 15.9 Å². The van der Waals surface area contributed by atoms with E-state index in [0.29, 0.717) is 17.6 Å². The van der Waals surface area contributed by atoms with Gasteiger partial charge < -0.3 is 9.32 Å². The van der Waals surface area contributed by atoms with Gasteiger partial charge in [-0.25, -0.2) is 0 Å². The molecule has 7 nitrogen and oxygen atoms in total. The lowest BCUT2D eigenvalue weighted by Crippen LogP contribution is -2.48. The zero-order valence-electron chi connectivity index (χ0n) is 14.3. The highest BCUT2D eigenvalue weighted by Gasteiger charge is 2.18. The third-order valence-electron chi connectivity index (χ3n) is 4.26. The number of carbonyl (C=O) groups is 2. The summed E-state index contributed by atoms with van der Waals surface area (Å²) >= 11 is 3.13. The van der Waals surface area contributed by atoms with Gasteiger partial charge in [0.1, 0.15) is 0 Å². The maximum absolute atomic E-state index is 11.9. The Morgan fingerprint density at radius 2 is 1.73 bits per heavy atom. The summed E-state index contributed by atoms with van der Waals surface area (Å²) in [4.78, 5) is 28.3. The molecule has 1 aliphatic rings. The smallest absolute Gasteiger partial charge is 0.305 e. The van der Waals surface area contributed by atoms with Crippen LogP contribution in [-0.4, -0.2) is 49.4 Å². The molecule has 0 radical (unpaired) electrons. The minimum absolute atomic E-state index is 0.134. The van der Waals surface area contributed by atoms with Gasteiger partial charge in [-0.3, -0.25) is 25.3 Å². The summed E-state index contributed by atoms with van der Waals surface area (Å²) in [7, 11) is 0. The molecule has 1 aliphatic heterocycles. The average molecular weight is 421 g/mol. The first-order chi connectivity index (χ1) is 12.6. The lowest BCUT2D eigenvalue weighted by atomic mass is 10.2. The van der Waals surface area contributed by atoms with E-state index in [1.54, 1.807) is 6.07 Å². The number of para-hydroxylation sites is 1. The Balaban J connectivity index is 1.34. The normalized spacial score (nSPS) is 14.9. The van der Waals surface area contributed by atoms with Crippen LogP contribution in [0.4, 0.5) is 5.69 Å². The number of anilines is 1. The maximum Gasteiger partial charge on any atom is 0.305 e. The minimum Gasteiger partial charge on any atom is -0.444 e. The number of furan rings is 1. The summed E-state index contributed by atoms with van der Waals surface area (Å²) in [5.41, 5.74) is 6.00. The van der Waals surface area contributed by atoms with Gasteiger partial charge in [0, 0.05) is 44.8 Å². The molecule has 1 aromatic heterocycles. The molecule has 1 saturated heterocycles. The van der Waals surface area contributed by atoms with Crippen LogP contribution in [0.15, 0.2) is 51.6 Å². The lowest BCUT2D eigenvalue weighted by molar-refractivity contribution is -0.122. The molecule has 1 fully saturated rings. The van der Waals surface area contributed by atoms with Crippen molar-refractivity contribution >= 4 is 33.4 Å². The van der Waals surface area contributed by atoms with Gasteiger partial charge in [-0.05, 0) is 40.2 Å². The predicted octanol–water partition coefficient (Wildman–Crippen LogP) is 2.02. The molecule has 2 amide bonds. The summed E-state index contributed by atoms with van der Waals surface area (Å²) < 4.78 is 5.58. The number of halogens is 1. The zero-order chi connectivity index (χ0) is 18.4. The first kappa shape index (κ1) is 18.5. The van der Waals surface area contributed by atoms with Gasteiger partial charge in [0.05, 0.1) is 0 Å². The molecular formula is C18H21BrN4O3. The highest BCUT2D eigenvalue weighted by molar-refractivity contribution is 9.10. The summed E-state index contributed by atoms with van der Waals surface area (Å²) in [6.07, 6.45) is 0.327. The molecule has 0 aliphatic carbocycles. The van der Waals surface area contributed by atoms with Gasteiger partial charge >= 0.3 is 5.91 Å².